The lowest BCUT2D eigenvalue weighted by molar-refractivity contribution is -0.166. The highest BCUT2D eigenvalue weighted by atomic mass is 16.6. The van der Waals surface area contributed by atoms with Gasteiger partial charge in [-0.15, -0.1) is 0 Å². The summed E-state index contributed by atoms with van der Waals surface area (Å²) in [4.78, 5) is 37.5. The minimum Gasteiger partial charge on any atom is -0.462 e. The molecule has 0 aromatic carbocycles. The zero-order chi connectivity index (χ0) is 38.0. The highest BCUT2D eigenvalue weighted by Crippen LogP contribution is 2.13. The lowest BCUT2D eigenvalue weighted by Crippen LogP contribution is -2.30. The Labute approximate surface area is 319 Å². The Morgan fingerprint density at radius 1 is 0.423 bits per heavy atom. The summed E-state index contributed by atoms with van der Waals surface area (Å²) in [5.74, 6) is -1.07. The molecule has 0 bridgehead atoms. The summed E-state index contributed by atoms with van der Waals surface area (Å²) in [6.07, 6.45) is 49.2. The second-order valence-corrected chi connectivity index (χ2v) is 13.5. The molecule has 1 atom stereocenters. The van der Waals surface area contributed by atoms with Crippen molar-refractivity contribution >= 4 is 17.9 Å². The van der Waals surface area contributed by atoms with Crippen LogP contribution in [0.1, 0.15) is 181 Å². The fraction of sp³-hybridized carbons (Fsp3) is 0.674. The first-order valence-electron chi connectivity index (χ1n) is 20.9. The Morgan fingerprint density at radius 2 is 0.827 bits per heavy atom. The van der Waals surface area contributed by atoms with Crippen LogP contribution < -0.4 is 0 Å². The molecule has 0 aromatic rings. The Hall–Kier alpha value is -3.15. The highest BCUT2D eigenvalue weighted by molar-refractivity contribution is 5.72. The van der Waals surface area contributed by atoms with Crippen molar-refractivity contribution < 1.29 is 28.6 Å². The molecule has 296 valence electrons. The molecule has 6 nitrogen and oxygen atoms in total. The van der Waals surface area contributed by atoms with Gasteiger partial charge in [0.05, 0.1) is 6.42 Å². The summed E-state index contributed by atoms with van der Waals surface area (Å²) in [7, 11) is 0. The normalized spacial score (nSPS) is 12.8. The number of unbranched alkanes of at least 4 members (excludes halogenated alkanes) is 14. The van der Waals surface area contributed by atoms with E-state index in [1.165, 1.54) is 51.4 Å². The molecule has 0 saturated heterocycles. The van der Waals surface area contributed by atoms with Crippen LogP contribution >= 0.6 is 0 Å². The first kappa shape index (κ1) is 48.9. The van der Waals surface area contributed by atoms with E-state index in [9.17, 15) is 14.4 Å². The maximum absolute atomic E-state index is 12.6. The second kappa shape index (κ2) is 40.6. The Balaban J connectivity index is 4.48. The molecule has 0 amide bonds. The summed E-state index contributed by atoms with van der Waals surface area (Å²) in [5, 5.41) is 0. The van der Waals surface area contributed by atoms with Crippen LogP contribution in [0.15, 0.2) is 72.9 Å². The topological polar surface area (TPSA) is 78.9 Å². The summed E-state index contributed by atoms with van der Waals surface area (Å²) in [6.45, 7) is 6.25. The van der Waals surface area contributed by atoms with Crippen LogP contribution in [0.3, 0.4) is 0 Å². The number of esters is 3. The van der Waals surface area contributed by atoms with Gasteiger partial charge in [-0.05, 0) is 64.2 Å². The molecular weight excluding hydrogens is 648 g/mol. The predicted molar refractivity (Wildman–Crippen MR) is 219 cm³/mol. The molecule has 0 aliphatic heterocycles. The van der Waals surface area contributed by atoms with Gasteiger partial charge in [-0.1, -0.05) is 171 Å². The van der Waals surface area contributed by atoms with Crippen molar-refractivity contribution in [2.75, 3.05) is 13.2 Å². The average Bonchev–Trinajstić information content (AvgIpc) is 3.14. The van der Waals surface area contributed by atoms with Crippen molar-refractivity contribution in [2.45, 2.75) is 187 Å². The number of hydrogen-bond donors (Lipinski definition) is 0. The largest absolute Gasteiger partial charge is 0.462 e. The number of ether oxygens (including phenoxy) is 3. The first-order chi connectivity index (χ1) is 25.5. The molecule has 0 radical (unpaired) electrons. The molecule has 0 N–H and O–H groups in total. The van der Waals surface area contributed by atoms with Gasteiger partial charge in [-0.2, -0.15) is 0 Å². The van der Waals surface area contributed by atoms with E-state index in [4.69, 9.17) is 14.2 Å². The van der Waals surface area contributed by atoms with Gasteiger partial charge in [-0.25, -0.2) is 0 Å². The highest BCUT2D eigenvalue weighted by Gasteiger charge is 2.19. The fourth-order valence-electron chi connectivity index (χ4n) is 5.40. The maximum Gasteiger partial charge on any atom is 0.309 e. The zero-order valence-corrected chi connectivity index (χ0v) is 33.5. The first-order valence-corrected chi connectivity index (χ1v) is 20.9. The summed E-state index contributed by atoms with van der Waals surface area (Å²) >= 11 is 0. The van der Waals surface area contributed by atoms with Crippen molar-refractivity contribution in [1.82, 2.24) is 0 Å². The van der Waals surface area contributed by atoms with Gasteiger partial charge in [0.2, 0.25) is 0 Å². The van der Waals surface area contributed by atoms with E-state index in [2.05, 4.69) is 81.5 Å². The molecule has 0 saturated carbocycles. The minimum absolute atomic E-state index is 0.114. The molecule has 0 heterocycles. The van der Waals surface area contributed by atoms with Crippen molar-refractivity contribution in [2.24, 2.45) is 0 Å². The van der Waals surface area contributed by atoms with Crippen LogP contribution in [0.5, 0.6) is 0 Å². The van der Waals surface area contributed by atoms with Gasteiger partial charge in [-0.3, -0.25) is 14.4 Å². The monoisotopic (exact) mass is 725 g/mol. The van der Waals surface area contributed by atoms with Crippen LogP contribution in [0, 0.1) is 0 Å². The molecule has 1 unspecified atom stereocenters. The van der Waals surface area contributed by atoms with Crippen LogP contribution in [-0.4, -0.2) is 37.2 Å². The number of hydrogen-bond acceptors (Lipinski definition) is 6. The number of allylic oxidation sites excluding steroid dienone is 11. The standard InChI is InChI=1S/C46H76O6/c1-4-7-10-13-16-19-21-22-23-25-27-30-33-36-39-45(48)51-42-43(41-50-44(47)38-35-32-29-26-18-15-12-9-6-3)52-46(49)40-37-34-31-28-24-20-17-14-11-8-5-2/h7,9-10,12,16,18-19,22-23,26,32,35,43H,4-6,8,11,13-15,17,20-21,24-25,27-31,33-34,36-42H2,1-3H3/b10-7-,12-9-,19-16-,23-22-,26-18-,35-32-. The fourth-order valence-corrected chi connectivity index (χ4v) is 5.40. The van der Waals surface area contributed by atoms with E-state index >= 15 is 0 Å². The third-order valence-electron chi connectivity index (χ3n) is 8.49. The molecule has 0 spiro atoms. The molecule has 0 aliphatic carbocycles. The third-order valence-corrected chi connectivity index (χ3v) is 8.49. The molecule has 6 heteroatoms. The Bertz CT molecular complexity index is 1020. The second-order valence-electron chi connectivity index (χ2n) is 13.5. The third kappa shape index (κ3) is 38.1. The number of carbonyl (C=O) groups excluding carboxylic acids is 3. The van der Waals surface area contributed by atoms with Gasteiger partial charge >= 0.3 is 17.9 Å². The predicted octanol–water partition coefficient (Wildman–Crippen LogP) is 13.1. The van der Waals surface area contributed by atoms with Crippen LogP contribution in [0.4, 0.5) is 0 Å². The van der Waals surface area contributed by atoms with Crippen LogP contribution in [0.2, 0.25) is 0 Å². The Morgan fingerprint density at radius 3 is 1.35 bits per heavy atom. The molecular formula is C46H76O6. The van der Waals surface area contributed by atoms with Crippen LogP contribution in [-0.2, 0) is 28.6 Å². The summed E-state index contributed by atoms with van der Waals surface area (Å²) < 4.78 is 16.5. The average molecular weight is 725 g/mol. The lowest BCUT2D eigenvalue weighted by atomic mass is 10.1. The van der Waals surface area contributed by atoms with Crippen molar-refractivity contribution in [3.8, 4) is 0 Å². The van der Waals surface area contributed by atoms with Crippen LogP contribution in [0.25, 0.3) is 0 Å². The number of rotatable bonds is 36. The SMILES string of the molecule is CC/C=C\C/C=C\C/C=C\CCCCCCC(=O)OCC(COC(=O)C/C=C\C/C=C\C/C=C\CC)OC(=O)CCCCCCCCCCCCC. The Kier molecular flexibility index (Phi) is 38.2. The van der Waals surface area contributed by atoms with E-state index in [-0.39, 0.29) is 31.6 Å². The summed E-state index contributed by atoms with van der Waals surface area (Å²) in [6, 6.07) is 0. The van der Waals surface area contributed by atoms with Gasteiger partial charge < -0.3 is 14.2 Å². The van der Waals surface area contributed by atoms with E-state index in [0.29, 0.717) is 12.8 Å². The summed E-state index contributed by atoms with van der Waals surface area (Å²) in [5.41, 5.74) is 0. The molecule has 0 aliphatic rings. The van der Waals surface area contributed by atoms with Crippen molar-refractivity contribution in [3.05, 3.63) is 72.9 Å². The van der Waals surface area contributed by atoms with Gasteiger partial charge in [0, 0.05) is 12.8 Å². The van der Waals surface area contributed by atoms with Crippen molar-refractivity contribution in [3.63, 3.8) is 0 Å². The van der Waals surface area contributed by atoms with E-state index in [0.717, 1.165) is 89.9 Å². The molecule has 0 fully saturated rings. The minimum atomic E-state index is -0.814. The van der Waals surface area contributed by atoms with Crippen molar-refractivity contribution in [1.29, 1.82) is 0 Å². The van der Waals surface area contributed by atoms with Gasteiger partial charge in [0.15, 0.2) is 6.10 Å². The quantitative estimate of drug-likeness (QED) is 0.0277. The smallest absolute Gasteiger partial charge is 0.309 e. The van der Waals surface area contributed by atoms with E-state index in [1.807, 2.05) is 6.08 Å². The lowest BCUT2D eigenvalue weighted by Gasteiger charge is -2.18. The number of carbonyl (C=O) groups is 3. The molecule has 0 aromatic heterocycles. The molecule has 52 heavy (non-hydrogen) atoms. The van der Waals surface area contributed by atoms with E-state index in [1.54, 1.807) is 6.08 Å². The zero-order valence-electron chi connectivity index (χ0n) is 33.5. The van der Waals surface area contributed by atoms with Gasteiger partial charge in [0.25, 0.3) is 0 Å². The van der Waals surface area contributed by atoms with Gasteiger partial charge in [0.1, 0.15) is 13.2 Å². The van der Waals surface area contributed by atoms with E-state index < -0.39 is 12.1 Å². The molecule has 0 rings (SSSR count). The maximum atomic E-state index is 12.6.